The molecule has 0 bridgehead atoms. The molecule has 1 heterocycles. The predicted octanol–water partition coefficient (Wildman–Crippen LogP) is 3.41. The van der Waals surface area contributed by atoms with Crippen LogP contribution in [0.25, 0.3) is 0 Å². The molecule has 2 fully saturated rings. The summed E-state index contributed by atoms with van der Waals surface area (Å²) in [4.78, 5) is 38.4. The molecule has 2 aliphatic carbocycles. The van der Waals surface area contributed by atoms with E-state index in [1.165, 1.54) is 13.0 Å². The molecule has 3 aliphatic rings. The summed E-state index contributed by atoms with van der Waals surface area (Å²) in [7, 11) is 0. The monoisotopic (exact) mass is 446 g/mol. The van der Waals surface area contributed by atoms with Crippen LogP contribution in [0.4, 0.5) is 0 Å². The van der Waals surface area contributed by atoms with Crippen LogP contribution in [0.3, 0.4) is 0 Å². The zero-order valence-corrected chi connectivity index (χ0v) is 19.9. The minimum Gasteiger partial charge on any atom is -0.458 e. The maximum atomic E-state index is 13.1. The lowest BCUT2D eigenvalue weighted by Crippen LogP contribution is -2.50. The Morgan fingerprint density at radius 3 is 2.50 bits per heavy atom. The van der Waals surface area contributed by atoms with Crippen molar-refractivity contribution in [1.82, 2.24) is 0 Å². The van der Waals surface area contributed by atoms with Crippen molar-refractivity contribution < 1.29 is 33.7 Å². The van der Waals surface area contributed by atoms with Crippen molar-refractivity contribution in [1.29, 1.82) is 0 Å². The summed E-state index contributed by atoms with van der Waals surface area (Å²) in [5, 5.41) is 11.4. The lowest BCUT2D eigenvalue weighted by Gasteiger charge is -2.35. The van der Waals surface area contributed by atoms with Crippen molar-refractivity contribution in [2.75, 3.05) is 0 Å². The number of rotatable bonds is 4. The summed E-state index contributed by atoms with van der Waals surface area (Å²) in [5.41, 5.74) is -0.678. The Morgan fingerprint density at radius 1 is 1.25 bits per heavy atom. The fraction of sp³-hybridized carbons (Fsp3) is 0.640. The molecule has 7 heteroatoms. The molecule has 0 spiro atoms. The first-order chi connectivity index (χ1) is 14.8. The summed E-state index contributed by atoms with van der Waals surface area (Å²) < 4.78 is 17.4. The van der Waals surface area contributed by atoms with Crippen LogP contribution in [0.15, 0.2) is 34.9 Å². The van der Waals surface area contributed by atoms with E-state index < -0.39 is 47.2 Å². The first-order valence-corrected chi connectivity index (χ1v) is 11.1. The molecule has 1 saturated carbocycles. The maximum absolute atomic E-state index is 13.1. The van der Waals surface area contributed by atoms with Crippen LogP contribution in [0.5, 0.6) is 0 Å². The number of hydrogen-bond acceptors (Lipinski definition) is 7. The fourth-order valence-corrected chi connectivity index (χ4v) is 5.40. The van der Waals surface area contributed by atoms with Gasteiger partial charge in [-0.2, -0.15) is 0 Å². The zero-order chi connectivity index (χ0) is 24.0. The van der Waals surface area contributed by atoms with Gasteiger partial charge >= 0.3 is 17.9 Å². The average Bonchev–Trinajstić information content (AvgIpc) is 3.14. The number of ether oxygens (including phenoxy) is 3. The second-order valence-electron chi connectivity index (χ2n) is 9.94. The maximum Gasteiger partial charge on any atom is 0.351 e. The van der Waals surface area contributed by atoms with Gasteiger partial charge in [-0.1, -0.05) is 23.3 Å². The molecule has 1 aliphatic heterocycles. The van der Waals surface area contributed by atoms with Crippen molar-refractivity contribution in [2.24, 2.45) is 17.8 Å². The van der Waals surface area contributed by atoms with Crippen LogP contribution in [-0.4, -0.2) is 46.4 Å². The van der Waals surface area contributed by atoms with Crippen LogP contribution >= 0.6 is 0 Å². The van der Waals surface area contributed by atoms with E-state index in [0.717, 1.165) is 11.1 Å². The van der Waals surface area contributed by atoms with E-state index in [4.69, 9.17) is 14.2 Å². The molecule has 176 valence electrons. The van der Waals surface area contributed by atoms with Crippen LogP contribution < -0.4 is 0 Å². The van der Waals surface area contributed by atoms with Gasteiger partial charge in [0, 0.05) is 29.9 Å². The quantitative estimate of drug-likeness (QED) is 0.306. The normalized spacial score (nSPS) is 38.6. The van der Waals surface area contributed by atoms with Gasteiger partial charge in [-0.15, -0.1) is 0 Å². The molecule has 0 aromatic carbocycles. The standard InChI is InChI=1S/C25H34O7/c1-8-14(4)22(27)30-17-12-24(6,29)16-10-9-15(5)19(16)21-20(17)25(7,23(28)31-21)32-18(26)11-13(2)3/h8-9,11,16-17,19-21,29H,10,12H2,1-7H3/t16-,17-,19+,20+,21-,24-,25-/m0/s1. The van der Waals surface area contributed by atoms with Gasteiger partial charge in [0.25, 0.3) is 0 Å². The third kappa shape index (κ3) is 4.15. The van der Waals surface area contributed by atoms with E-state index in [2.05, 4.69) is 6.08 Å². The van der Waals surface area contributed by atoms with Crippen molar-refractivity contribution in [2.45, 2.75) is 84.7 Å². The van der Waals surface area contributed by atoms with Gasteiger partial charge in [0.2, 0.25) is 5.60 Å². The van der Waals surface area contributed by atoms with Crippen LogP contribution in [0, 0.1) is 17.8 Å². The molecule has 0 aromatic heterocycles. The number of allylic oxidation sites excluding steroid dienone is 3. The number of aliphatic hydroxyl groups is 1. The molecule has 0 unspecified atom stereocenters. The van der Waals surface area contributed by atoms with Crippen LogP contribution in [0.2, 0.25) is 0 Å². The highest BCUT2D eigenvalue weighted by Crippen LogP contribution is 2.54. The van der Waals surface area contributed by atoms with E-state index in [9.17, 15) is 19.5 Å². The summed E-state index contributed by atoms with van der Waals surface area (Å²) in [6.07, 6.45) is 4.17. The number of fused-ring (bicyclic) bond motifs is 3. The van der Waals surface area contributed by atoms with E-state index in [1.54, 1.807) is 40.7 Å². The van der Waals surface area contributed by atoms with E-state index in [0.29, 0.717) is 12.0 Å². The number of carbonyl (C=O) groups excluding carboxylic acids is 3. The Balaban J connectivity index is 2.10. The highest BCUT2D eigenvalue weighted by atomic mass is 16.6. The van der Waals surface area contributed by atoms with Crippen molar-refractivity contribution in [3.05, 3.63) is 34.9 Å². The minimum atomic E-state index is -1.66. The topological polar surface area (TPSA) is 99.1 Å². The molecule has 1 N–H and O–H groups in total. The second-order valence-corrected chi connectivity index (χ2v) is 9.94. The smallest absolute Gasteiger partial charge is 0.351 e. The Labute approximate surface area is 189 Å². The van der Waals surface area contributed by atoms with Crippen molar-refractivity contribution >= 4 is 17.9 Å². The van der Waals surface area contributed by atoms with Gasteiger partial charge in [0.05, 0.1) is 11.5 Å². The average molecular weight is 447 g/mol. The predicted molar refractivity (Wildman–Crippen MR) is 117 cm³/mol. The number of hydrogen-bond donors (Lipinski definition) is 1. The van der Waals surface area contributed by atoms with E-state index >= 15 is 0 Å². The Bertz CT molecular complexity index is 905. The van der Waals surface area contributed by atoms with Crippen LogP contribution in [-0.2, 0) is 28.6 Å². The Kier molecular flexibility index (Phi) is 6.44. The van der Waals surface area contributed by atoms with Gasteiger partial charge in [-0.3, -0.25) is 0 Å². The van der Waals surface area contributed by atoms with Crippen molar-refractivity contribution in [3.8, 4) is 0 Å². The number of carbonyl (C=O) groups is 3. The summed E-state index contributed by atoms with van der Waals surface area (Å²) in [6.45, 7) is 12.1. The summed E-state index contributed by atoms with van der Waals surface area (Å²) in [5.74, 6) is -3.08. The van der Waals surface area contributed by atoms with Gasteiger partial charge in [-0.25, -0.2) is 14.4 Å². The first-order valence-electron chi connectivity index (χ1n) is 11.1. The molecule has 0 aromatic rings. The summed E-state index contributed by atoms with van der Waals surface area (Å²) in [6, 6.07) is 0. The molecule has 7 nitrogen and oxygen atoms in total. The highest BCUT2D eigenvalue weighted by molar-refractivity contribution is 5.90. The van der Waals surface area contributed by atoms with Crippen LogP contribution in [0.1, 0.15) is 61.3 Å². The van der Waals surface area contributed by atoms with Gasteiger partial charge in [-0.05, 0) is 54.9 Å². The molecule has 7 atom stereocenters. The molecular formula is C25H34O7. The molecule has 0 radical (unpaired) electrons. The molecule has 0 amide bonds. The Morgan fingerprint density at radius 2 is 1.91 bits per heavy atom. The highest BCUT2D eigenvalue weighted by Gasteiger charge is 2.67. The lowest BCUT2D eigenvalue weighted by atomic mass is 9.75. The summed E-state index contributed by atoms with van der Waals surface area (Å²) >= 11 is 0. The molecule has 1 saturated heterocycles. The zero-order valence-electron chi connectivity index (χ0n) is 19.9. The first kappa shape index (κ1) is 24.2. The third-order valence-electron chi connectivity index (χ3n) is 7.19. The molecule has 3 rings (SSSR count). The third-order valence-corrected chi connectivity index (χ3v) is 7.19. The largest absolute Gasteiger partial charge is 0.458 e. The number of esters is 3. The van der Waals surface area contributed by atoms with E-state index in [-0.39, 0.29) is 18.3 Å². The van der Waals surface area contributed by atoms with Gasteiger partial charge in [0.1, 0.15) is 12.2 Å². The lowest BCUT2D eigenvalue weighted by molar-refractivity contribution is -0.177. The SMILES string of the molecule is CC=C(C)C(=O)O[C@H]1C[C@](C)(O)[C@H]2CC=C(C)[C@H]2[C@@H]2OC(=O)[C@@](C)(OC(=O)C=C(C)C)[C@@H]21. The molecular weight excluding hydrogens is 412 g/mol. The Hall–Kier alpha value is -2.41. The molecule has 32 heavy (non-hydrogen) atoms. The van der Waals surface area contributed by atoms with Gasteiger partial charge < -0.3 is 19.3 Å². The minimum absolute atomic E-state index is 0.103. The van der Waals surface area contributed by atoms with Crippen molar-refractivity contribution in [3.63, 3.8) is 0 Å². The van der Waals surface area contributed by atoms with E-state index in [1.807, 2.05) is 6.92 Å². The van der Waals surface area contributed by atoms with Gasteiger partial charge in [0.15, 0.2) is 0 Å². The second kappa shape index (κ2) is 8.50. The fourth-order valence-electron chi connectivity index (χ4n) is 5.40.